The topological polar surface area (TPSA) is 115 Å². The van der Waals surface area contributed by atoms with Crippen LogP contribution in [0.5, 0.6) is 0 Å². The molecule has 218 valence electrons. The summed E-state index contributed by atoms with van der Waals surface area (Å²) in [5, 5.41) is 8.78. The minimum absolute atomic E-state index is 0.0423. The summed E-state index contributed by atoms with van der Waals surface area (Å²) in [6.07, 6.45) is 0.943. The molecule has 11 nitrogen and oxygen atoms in total. The van der Waals surface area contributed by atoms with E-state index in [1.807, 2.05) is 67.6 Å². The van der Waals surface area contributed by atoms with E-state index in [0.29, 0.717) is 19.4 Å². The van der Waals surface area contributed by atoms with E-state index in [0.717, 1.165) is 11.1 Å². The molecule has 0 spiro atoms. The predicted octanol–water partition coefficient (Wildman–Crippen LogP) is 2.88. The Labute approximate surface area is 240 Å². The number of rotatable bonds is 10. The smallest absolute Gasteiger partial charge is 0.407 e. The first-order valence-corrected chi connectivity index (χ1v) is 13.8. The summed E-state index contributed by atoms with van der Waals surface area (Å²) in [6.45, 7) is 6.27. The lowest BCUT2D eigenvalue weighted by atomic mass is 9.98. The molecule has 3 atom stereocenters. The summed E-state index contributed by atoms with van der Waals surface area (Å²) in [5.74, 6) is -0.414. The number of hydrogen-bond donors (Lipinski definition) is 2. The molecule has 4 rings (SSSR count). The molecule has 2 aromatic rings. The maximum Gasteiger partial charge on any atom is 0.407 e. The molecular formula is C30H38N6O5. The van der Waals surface area contributed by atoms with E-state index in [9.17, 15) is 19.2 Å². The number of piperazine rings is 1. The maximum absolute atomic E-state index is 14.0. The largest absolute Gasteiger partial charge is 0.445 e. The van der Waals surface area contributed by atoms with Gasteiger partial charge in [-0.25, -0.2) is 19.6 Å². The van der Waals surface area contributed by atoms with Gasteiger partial charge in [-0.15, -0.1) is 0 Å². The monoisotopic (exact) mass is 562 g/mol. The fourth-order valence-corrected chi connectivity index (χ4v) is 5.33. The Morgan fingerprint density at radius 3 is 2.44 bits per heavy atom. The molecule has 2 N–H and O–H groups in total. The Bertz CT molecular complexity index is 1230. The highest BCUT2D eigenvalue weighted by atomic mass is 16.5. The Balaban J connectivity index is 1.56. The van der Waals surface area contributed by atoms with Crippen molar-refractivity contribution in [1.29, 1.82) is 0 Å². The highest BCUT2D eigenvalue weighted by molar-refractivity contribution is 5.91. The molecular weight excluding hydrogens is 524 g/mol. The van der Waals surface area contributed by atoms with Crippen molar-refractivity contribution in [1.82, 2.24) is 30.5 Å². The van der Waals surface area contributed by atoms with E-state index in [-0.39, 0.29) is 50.1 Å². The zero-order valence-electron chi connectivity index (χ0n) is 23.6. The molecule has 0 bridgehead atoms. The molecule has 5 amide bonds. The van der Waals surface area contributed by atoms with Gasteiger partial charge in [0.15, 0.2) is 0 Å². The number of hydrogen-bond acceptors (Lipinski definition) is 6. The van der Waals surface area contributed by atoms with Gasteiger partial charge in [-0.1, -0.05) is 73.3 Å². The van der Waals surface area contributed by atoms with Crippen LogP contribution in [0.3, 0.4) is 0 Å². The second kappa shape index (κ2) is 13.8. The second-order valence-electron chi connectivity index (χ2n) is 10.1. The minimum Gasteiger partial charge on any atom is -0.445 e. The molecule has 2 aromatic carbocycles. The SMILES string of the molecule is C=CCOC(=O)NCCC[C@H]1C(=O)N([C@@H](C)c2ccccc2)C[C@H]2N1C(=O)CN(C)N2C(=O)NCc1ccccc1. The van der Waals surface area contributed by atoms with E-state index in [4.69, 9.17) is 4.74 Å². The molecule has 2 heterocycles. The summed E-state index contributed by atoms with van der Waals surface area (Å²) < 4.78 is 4.95. The first-order chi connectivity index (χ1) is 19.8. The van der Waals surface area contributed by atoms with E-state index in [2.05, 4.69) is 17.2 Å². The lowest BCUT2D eigenvalue weighted by molar-refractivity contribution is -0.189. The van der Waals surface area contributed by atoms with E-state index >= 15 is 0 Å². The number of alkyl carbamates (subject to hydrolysis) is 1. The van der Waals surface area contributed by atoms with Gasteiger partial charge in [0, 0.05) is 20.1 Å². The van der Waals surface area contributed by atoms with Crippen LogP contribution in [-0.2, 0) is 20.9 Å². The van der Waals surface area contributed by atoms with Crippen molar-refractivity contribution >= 4 is 23.9 Å². The van der Waals surface area contributed by atoms with Gasteiger partial charge in [-0.2, -0.15) is 0 Å². The van der Waals surface area contributed by atoms with Crippen LogP contribution in [0.4, 0.5) is 9.59 Å². The first-order valence-electron chi connectivity index (χ1n) is 13.8. The Morgan fingerprint density at radius 2 is 1.76 bits per heavy atom. The molecule has 0 aromatic heterocycles. The van der Waals surface area contributed by atoms with Crippen LogP contribution in [0, 0.1) is 0 Å². The third-order valence-electron chi connectivity index (χ3n) is 7.39. The quantitative estimate of drug-likeness (QED) is 0.340. The lowest BCUT2D eigenvalue weighted by Crippen LogP contribution is -2.76. The molecule has 2 aliphatic rings. The van der Waals surface area contributed by atoms with Crippen LogP contribution in [0.15, 0.2) is 73.3 Å². The summed E-state index contributed by atoms with van der Waals surface area (Å²) in [4.78, 5) is 56.1. The van der Waals surface area contributed by atoms with Gasteiger partial charge in [-0.3, -0.25) is 9.59 Å². The van der Waals surface area contributed by atoms with Crippen LogP contribution in [0.2, 0.25) is 0 Å². The van der Waals surface area contributed by atoms with Crippen LogP contribution in [-0.4, -0.2) is 89.3 Å². The Morgan fingerprint density at radius 1 is 1.07 bits per heavy atom. The average molecular weight is 563 g/mol. The molecule has 0 radical (unpaired) electrons. The van der Waals surface area contributed by atoms with Gasteiger partial charge in [-0.05, 0) is 30.9 Å². The number of benzene rings is 2. The summed E-state index contributed by atoms with van der Waals surface area (Å²) in [6, 6.07) is 17.8. The molecule has 2 aliphatic heterocycles. The average Bonchev–Trinajstić information content (AvgIpc) is 2.98. The van der Waals surface area contributed by atoms with Crippen molar-refractivity contribution in [2.45, 2.75) is 44.6 Å². The fourth-order valence-electron chi connectivity index (χ4n) is 5.33. The molecule has 11 heteroatoms. The van der Waals surface area contributed by atoms with E-state index in [1.54, 1.807) is 26.9 Å². The molecule has 2 fully saturated rings. The van der Waals surface area contributed by atoms with Gasteiger partial charge < -0.3 is 25.2 Å². The molecule has 0 aliphatic carbocycles. The first kappa shape index (κ1) is 29.6. The van der Waals surface area contributed by atoms with Gasteiger partial charge in [0.25, 0.3) is 0 Å². The summed E-state index contributed by atoms with van der Waals surface area (Å²) >= 11 is 0. The van der Waals surface area contributed by atoms with Crippen molar-refractivity contribution in [3.8, 4) is 0 Å². The van der Waals surface area contributed by atoms with Gasteiger partial charge in [0.1, 0.15) is 18.8 Å². The van der Waals surface area contributed by atoms with Gasteiger partial charge in [0.2, 0.25) is 11.8 Å². The number of urea groups is 1. The third-order valence-corrected chi connectivity index (χ3v) is 7.39. The predicted molar refractivity (Wildman–Crippen MR) is 153 cm³/mol. The Kier molecular flexibility index (Phi) is 9.96. The van der Waals surface area contributed by atoms with Crippen LogP contribution in [0.1, 0.15) is 36.9 Å². The standard InChI is InChI=1S/C30H38N6O5/c1-4-18-41-30(40)31-17-11-16-25-28(38)34(22(2)24-14-9-6-10-15-24)20-26-35(25)27(37)21-33(3)36(26)29(39)32-19-23-12-7-5-8-13-23/h4-10,12-15,22,25-26H,1,11,16-21H2,2-3H3,(H,31,40)(H,32,39)/t22-,25-,26-/m0/s1. The number of ether oxygens (including phenoxy) is 1. The van der Waals surface area contributed by atoms with Gasteiger partial charge >= 0.3 is 12.1 Å². The number of nitrogens with one attached hydrogen (secondary N) is 2. The van der Waals surface area contributed by atoms with Crippen LogP contribution >= 0.6 is 0 Å². The van der Waals surface area contributed by atoms with E-state index in [1.165, 1.54) is 6.08 Å². The number of likely N-dealkylation sites (N-methyl/N-ethyl adjacent to an activating group) is 1. The van der Waals surface area contributed by atoms with Gasteiger partial charge in [0.05, 0.1) is 19.1 Å². The number of fused-ring (bicyclic) bond motifs is 1. The maximum atomic E-state index is 14.0. The normalized spacial score (nSPS) is 19.8. The zero-order chi connectivity index (χ0) is 29.4. The van der Waals surface area contributed by atoms with E-state index < -0.39 is 18.3 Å². The zero-order valence-corrected chi connectivity index (χ0v) is 23.6. The highest BCUT2D eigenvalue weighted by Crippen LogP contribution is 2.32. The molecule has 0 unspecified atom stereocenters. The number of nitrogens with zero attached hydrogens (tertiary/aromatic N) is 4. The van der Waals surface area contributed by atoms with Crippen molar-refractivity contribution < 1.29 is 23.9 Å². The van der Waals surface area contributed by atoms with Crippen molar-refractivity contribution in [2.24, 2.45) is 0 Å². The number of carbonyl (C=O) groups is 4. The summed E-state index contributed by atoms with van der Waals surface area (Å²) in [5.41, 5.74) is 1.90. The molecule has 2 saturated heterocycles. The van der Waals surface area contributed by atoms with Crippen LogP contribution in [0.25, 0.3) is 0 Å². The molecule has 41 heavy (non-hydrogen) atoms. The fraction of sp³-hybridized carbons (Fsp3) is 0.400. The van der Waals surface area contributed by atoms with Crippen molar-refractivity contribution in [3.63, 3.8) is 0 Å². The van der Waals surface area contributed by atoms with Crippen molar-refractivity contribution in [2.75, 3.05) is 33.3 Å². The van der Waals surface area contributed by atoms with Crippen LogP contribution < -0.4 is 10.6 Å². The molecule has 0 saturated carbocycles. The number of carbonyl (C=O) groups excluding carboxylic acids is 4. The second-order valence-corrected chi connectivity index (χ2v) is 10.1. The summed E-state index contributed by atoms with van der Waals surface area (Å²) in [7, 11) is 1.70. The highest BCUT2D eigenvalue weighted by Gasteiger charge is 2.51. The number of amides is 5. The lowest BCUT2D eigenvalue weighted by Gasteiger charge is -2.55. The third kappa shape index (κ3) is 7.04. The van der Waals surface area contributed by atoms with Crippen molar-refractivity contribution in [3.05, 3.63) is 84.4 Å². The number of hydrazine groups is 1. The Hall–Kier alpha value is -4.38. The minimum atomic E-state index is -0.795.